The number of nitrogens with zero attached hydrogens (tertiary/aromatic N) is 4. The zero-order chi connectivity index (χ0) is 25.0. The molecule has 0 radical (unpaired) electrons. The Morgan fingerprint density at radius 1 is 1.14 bits per heavy atom. The number of rotatable bonds is 4. The first kappa shape index (κ1) is 26.7. The largest absolute Gasteiger partial charge is 1.00 e. The minimum Gasteiger partial charge on any atom is -0.543 e. The number of carboxylic acid groups (broad SMARTS) is 1. The molecule has 0 aromatic carbocycles. The molecule has 0 bridgehead atoms. The molecule has 0 spiro atoms. The molecule has 12 heteroatoms. The predicted octanol–water partition coefficient (Wildman–Crippen LogP) is -3.76. The van der Waals surface area contributed by atoms with Crippen molar-refractivity contribution in [1.29, 1.82) is 0 Å². The van der Waals surface area contributed by atoms with Gasteiger partial charge in [0.25, 0.3) is 5.91 Å². The molecule has 5 heterocycles. The number of aliphatic carboxylic acids is 1. The van der Waals surface area contributed by atoms with Gasteiger partial charge in [0, 0.05) is 50.6 Å². The van der Waals surface area contributed by atoms with E-state index in [0.717, 1.165) is 0 Å². The number of β-lactam (4-membered cyclic amide) rings is 1. The van der Waals surface area contributed by atoms with Crippen molar-refractivity contribution >= 4 is 29.8 Å². The van der Waals surface area contributed by atoms with Gasteiger partial charge in [0.1, 0.15) is 6.04 Å². The zero-order valence-electron chi connectivity index (χ0n) is 20.9. The Morgan fingerprint density at radius 2 is 1.83 bits per heavy atom. The third kappa shape index (κ3) is 4.24. The van der Waals surface area contributed by atoms with E-state index < -0.39 is 17.9 Å². The van der Waals surface area contributed by atoms with Crippen LogP contribution in [0.1, 0.15) is 39.5 Å². The molecular weight excluding hydrogens is 479 g/mol. The summed E-state index contributed by atoms with van der Waals surface area (Å²) in [6.45, 7) is 5.43. The van der Waals surface area contributed by atoms with Gasteiger partial charge in [-0.05, 0) is 44.3 Å². The number of hydrogen-bond acceptors (Lipinski definition) is 7. The third-order valence-corrected chi connectivity index (χ3v) is 7.92. The summed E-state index contributed by atoms with van der Waals surface area (Å²) in [6, 6.07) is -0.951. The Hall–Kier alpha value is -2.37. The van der Waals surface area contributed by atoms with E-state index in [9.17, 15) is 29.1 Å². The first-order chi connectivity index (χ1) is 16.7. The van der Waals surface area contributed by atoms with Crippen LogP contribution in [-0.2, 0) is 23.9 Å². The van der Waals surface area contributed by atoms with Crippen LogP contribution in [0, 0.1) is 5.92 Å². The molecule has 5 aliphatic heterocycles. The summed E-state index contributed by atoms with van der Waals surface area (Å²) in [5, 5.41) is 12.0. The molecular formula is C24H29N4NaO7. The number of carbonyl (C=O) groups is 5. The topological polar surface area (TPSA) is 131 Å². The first-order valence-electron chi connectivity index (χ1n) is 12.2. The fraction of sp³-hybridized carbons (Fsp3) is 0.625. The van der Waals surface area contributed by atoms with Gasteiger partial charge in [0.15, 0.2) is 0 Å². The fourth-order valence-corrected chi connectivity index (χ4v) is 6.32. The summed E-state index contributed by atoms with van der Waals surface area (Å²) in [7, 11) is 0. The summed E-state index contributed by atoms with van der Waals surface area (Å²) in [6.07, 6.45) is 3.43. The zero-order valence-corrected chi connectivity index (χ0v) is 22.9. The number of piperidine rings is 1. The minimum atomic E-state index is -1.45. The smallest absolute Gasteiger partial charge is 0.543 e. The molecule has 4 amide bonds. The maximum absolute atomic E-state index is 13.2. The van der Waals surface area contributed by atoms with Crippen LogP contribution in [0.2, 0.25) is 0 Å². The molecule has 3 atom stereocenters. The van der Waals surface area contributed by atoms with E-state index >= 15 is 0 Å². The van der Waals surface area contributed by atoms with Gasteiger partial charge in [-0.1, -0.05) is 0 Å². The molecule has 0 aliphatic carbocycles. The SMILES string of the molecule is CCOC(=O)N1CCC(N2CC/C(=C\C3=C(C(=O)[O-])N4C(=O)C5[C@H]4C(C3)CN5C(C)=O)C2=O)CC1.[Na+]. The van der Waals surface area contributed by atoms with Gasteiger partial charge in [0.05, 0.1) is 24.3 Å². The normalized spacial score (nSPS) is 28.8. The summed E-state index contributed by atoms with van der Waals surface area (Å²) in [5.74, 6) is -2.27. The van der Waals surface area contributed by atoms with Gasteiger partial charge in [-0.3, -0.25) is 14.4 Å². The summed E-state index contributed by atoms with van der Waals surface area (Å²) in [4.78, 5) is 68.2. The monoisotopic (exact) mass is 508 g/mol. The van der Waals surface area contributed by atoms with Crippen molar-refractivity contribution < 1.29 is 63.4 Å². The van der Waals surface area contributed by atoms with E-state index in [1.807, 2.05) is 0 Å². The maximum Gasteiger partial charge on any atom is 1.00 e. The molecule has 0 aromatic heterocycles. The van der Waals surface area contributed by atoms with E-state index in [-0.39, 0.29) is 71.2 Å². The Morgan fingerprint density at radius 3 is 2.44 bits per heavy atom. The van der Waals surface area contributed by atoms with Crippen molar-refractivity contribution in [3.05, 3.63) is 22.9 Å². The molecule has 5 rings (SSSR count). The quantitative estimate of drug-likeness (QED) is 0.217. The van der Waals surface area contributed by atoms with Crippen LogP contribution in [0.5, 0.6) is 0 Å². The molecule has 11 nitrogen and oxygen atoms in total. The van der Waals surface area contributed by atoms with Crippen LogP contribution in [0.4, 0.5) is 4.79 Å². The number of ether oxygens (including phenoxy) is 1. The number of likely N-dealkylation sites (tertiary alicyclic amines) is 3. The molecule has 4 saturated heterocycles. The molecule has 36 heavy (non-hydrogen) atoms. The summed E-state index contributed by atoms with van der Waals surface area (Å²) < 4.78 is 5.05. The second kappa shape index (κ2) is 10.2. The van der Waals surface area contributed by atoms with Gasteiger partial charge in [-0.15, -0.1) is 0 Å². The summed E-state index contributed by atoms with van der Waals surface area (Å²) in [5.41, 5.74) is 0.737. The predicted molar refractivity (Wildman–Crippen MR) is 118 cm³/mol. The molecule has 0 saturated carbocycles. The van der Waals surface area contributed by atoms with E-state index in [1.165, 1.54) is 16.7 Å². The van der Waals surface area contributed by atoms with Gasteiger partial charge < -0.3 is 34.2 Å². The van der Waals surface area contributed by atoms with E-state index in [0.29, 0.717) is 69.6 Å². The van der Waals surface area contributed by atoms with Gasteiger partial charge in [0.2, 0.25) is 11.8 Å². The van der Waals surface area contributed by atoms with Crippen LogP contribution >= 0.6 is 0 Å². The summed E-state index contributed by atoms with van der Waals surface area (Å²) >= 11 is 0. The first-order valence-corrected chi connectivity index (χ1v) is 12.2. The third-order valence-electron chi connectivity index (χ3n) is 7.92. The van der Waals surface area contributed by atoms with Gasteiger partial charge >= 0.3 is 35.7 Å². The molecule has 188 valence electrons. The number of carbonyl (C=O) groups excluding carboxylic acids is 5. The Labute approximate surface area is 231 Å². The van der Waals surface area contributed by atoms with Gasteiger partial charge in [-0.25, -0.2) is 4.79 Å². The number of carboxylic acids is 1. The van der Waals surface area contributed by atoms with E-state index in [1.54, 1.807) is 22.8 Å². The maximum atomic E-state index is 13.2. The van der Waals surface area contributed by atoms with Crippen molar-refractivity contribution in [2.24, 2.45) is 5.92 Å². The van der Waals surface area contributed by atoms with Crippen molar-refractivity contribution in [2.45, 2.75) is 57.7 Å². The second-order valence-electron chi connectivity index (χ2n) is 9.78. The fourth-order valence-electron chi connectivity index (χ4n) is 6.32. The Balaban J connectivity index is 0.00000304. The molecule has 5 aliphatic rings. The van der Waals surface area contributed by atoms with Crippen molar-refractivity contribution in [2.75, 3.05) is 32.8 Å². The standard InChI is InChI=1S/C24H30N4O7.Na/c1-3-35-24(34)25-7-5-17(6-8-25)26-9-4-14(21(26)30)10-15-11-16-12-27(13(2)29)20-18(16)28(22(20)31)19(15)23(32)33;/h10,16-18,20H,3-9,11-12H2,1-2H3,(H,32,33);/q;+1/p-1/b14-10+;/t16?,18-,20?;/m1./s1. The minimum absolute atomic E-state index is 0. The van der Waals surface area contributed by atoms with Crippen LogP contribution in [-0.4, -0.2) is 100 Å². The van der Waals surface area contributed by atoms with Crippen LogP contribution < -0.4 is 34.7 Å². The Bertz CT molecular complexity index is 1060. The average molecular weight is 509 g/mol. The van der Waals surface area contributed by atoms with Crippen LogP contribution in [0.25, 0.3) is 0 Å². The van der Waals surface area contributed by atoms with Crippen molar-refractivity contribution in [1.82, 2.24) is 19.6 Å². The molecule has 4 fully saturated rings. The number of hydrogen-bond donors (Lipinski definition) is 0. The number of amides is 4. The van der Waals surface area contributed by atoms with E-state index in [4.69, 9.17) is 4.74 Å². The van der Waals surface area contributed by atoms with Crippen molar-refractivity contribution in [3.8, 4) is 0 Å². The average Bonchev–Trinajstić information content (AvgIpc) is 3.37. The van der Waals surface area contributed by atoms with Crippen LogP contribution in [0.15, 0.2) is 22.9 Å². The molecule has 0 aromatic rings. The van der Waals surface area contributed by atoms with Crippen LogP contribution in [0.3, 0.4) is 0 Å². The van der Waals surface area contributed by atoms with E-state index in [2.05, 4.69) is 0 Å². The molecule has 2 unspecified atom stereocenters. The second-order valence-corrected chi connectivity index (χ2v) is 9.78. The Kier molecular flexibility index (Phi) is 7.55. The van der Waals surface area contributed by atoms with Gasteiger partial charge in [-0.2, -0.15) is 0 Å². The van der Waals surface area contributed by atoms with Crippen molar-refractivity contribution in [3.63, 3.8) is 0 Å². The molecule has 0 N–H and O–H groups in total. The number of allylic oxidation sites excluding steroid dienone is 2.